The van der Waals surface area contributed by atoms with E-state index in [9.17, 15) is 4.79 Å². The molecule has 0 spiro atoms. The summed E-state index contributed by atoms with van der Waals surface area (Å²) in [7, 11) is 0. The minimum absolute atomic E-state index is 0.0965. The number of aromatic nitrogens is 3. The van der Waals surface area contributed by atoms with Crippen molar-refractivity contribution in [1.82, 2.24) is 14.5 Å². The molecule has 2 aromatic heterocycles. The van der Waals surface area contributed by atoms with Crippen LogP contribution in [0.3, 0.4) is 0 Å². The normalized spacial score (nSPS) is 16.3. The van der Waals surface area contributed by atoms with Crippen LogP contribution in [0.25, 0.3) is 0 Å². The summed E-state index contributed by atoms with van der Waals surface area (Å²) < 4.78 is 2.14. The van der Waals surface area contributed by atoms with E-state index in [-0.39, 0.29) is 5.69 Å². The Morgan fingerprint density at radius 1 is 1.30 bits per heavy atom. The fourth-order valence-corrected chi connectivity index (χ4v) is 2.60. The van der Waals surface area contributed by atoms with Crippen LogP contribution < -0.4 is 4.90 Å². The zero-order valence-corrected chi connectivity index (χ0v) is 11.0. The summed E-state index contributed by atoms with van der Waals surface area (Å²) in [6.45, 7) is 1.75. The largest absolute Gasteiger partial charge is 0.477 e. The predicted molar refractivity (Wildman–Crippen MR) is 73.9 cm³/mol. The van der Waals surface area contributed by atoms with Crippen LogP contribution in [0.4, 0.5) is 5.82 Å². The Balaban J connectivity index is 1.69. The molecule has 0 saturated carbocycles. The van der Waals surface area contributed by atoms with Crippen molar-refractivity contribution in [2.45, 2.75) is 18.9 Å². The molecule has 2 aromatic rings. The molecule has 1 aliphatic rings. The van der Waals surface area contributed by atoms with Gasteiger partial charge in [0.25, 0.3) is 0 Å². The van der Waals surface area contributed by atoms with Crippen molar-refractivity contribution in [1.29, 1.82) is 0 Å². The lowest BCUT2D eigenvalue weighted by Crippen LogP contribution is -2.35. The van der Waals surface area contributed by atoms with E-state index in [0.29, 0.717) is 6.04 Å². The molecule has 0 aliphatic carbocycles. The molecule has 0 bridgehead atoms. The second-order valence-corrected chi connectivity index (χ2v) is 4.91. The Hall–Kier alpha value is -2.37. The number of carboxylic acids is 1. The number of anilines is 1. The van der Waals surface area contributed by atoms with Gasteiger partial charge >= 0.3 is 5.97 Å². The van der Waals surface area contributed by atoms with Gasteiger partial charge in [-0.3, -0.25) is 0 Å². The van der Waals surface area contributed by atoms with E-state index < -0.39 is 5.97 Å². The highest BCUT2D eigenvalue weighted by molar-refractivity contribution is 5.85. The van der Waals surface area contributed by atoms with Gasteiger partial charge in [-0.1, -0.05) is 6.07 Å². The smallest absolute Gasteiger partial charge is 0.354 e. The third-order valence-corrected chi connectivity index (χ3v) is 3.69. The Bertz CT molecular complexity index is 589. The highest BCUT2D eigenvalue weighted by atomic mass is 16.4. The van der Waals surface area contributed by atoms with Gasteiger partial charge in [0.05, 0.1) is 6.33 Å². The van der Waals surface area contributed by atoms with Crippen LogP contribution in [0.5, 0.6) is 0 Å². The average Bonchev–Trinajstić information content (AvgIpc) is 3.02. The first-order valence-corrected chi connectivity index (χ1v) is 6.67. The second kappa shape index (κ2) is 5.32. The first-order chi connectivity index (χ1) is 9.74. The molecule has 0 amide bonds. The molecular weight excluding hydrogens is 256 g/mol. The molecule has 104 valence electrons. The summed E-state index contributed by atoms with van der Waals surface area (Å²) in [6.07, 6.45) is 7.65. The summed E-state index contributed by atoms with van der Waals surface area (Å²) in [5, 5.41) is 8.98. The summed E-state index contributed by atoms with van der Waals surface area (Å²) in [5.41, 5.74) is 0.0965. The third-order valence-electron chi connectivity index (χ3n) is 3.69. The van der Waals surface area contributed by atoms with Crippen LogP contribution in [0, 0.1) is 0 Å². The number of rotatable bonds is 3. The molecule has 0 radical (unpaired) electrons. The van der Waals surface area contributed by atoms with Crippen molar-refractivity contribution in [3.8, 4) is 0 Å². The van der Waals surface area contributed by atoms with E-state index in [4.69, 9.17) is 5.11 Å². The van der Waals surface area contributed by atoms with Crippen LogP contribution in [0.1, 0.15) is 29.4 Å². The lowest BCUT2D eigenvalue weighted by Gasteiger charge is -2.33. The minimum atomic E-state index is -0.986. The molecule has 1 aliphatic heterocycles. The first-order valence-electron chi connectivity index (χ1n) is 6.67. The molecule has 6 nitrogen and oxygen atoms in total. The Morgan fingerprint density at radius 3 is 2.75 bits per heavy atom. The second-order valence-electron chi connectivity index (χ2n) is 4.91. The van der Waals surface area contributed by atoms with Crippen LogP contribution in [0.15, 0.2) is 36.9 Å². The van der Waals surface area contributed by atoms with Gasteiger partial charge in [0.2, 0.25) is 0 Å². The molecular formula is C14H16N4O2. The molecule has 1 N–H and O–H groups in total. The van der Waals surface area contributed by atoms with Crippen molar-refractivity contribution in [2.75, 3.05) is 18.0 Å². The maximum Gasteiger partial charge on any atom is 0.354 e. The molecule has 20 heavy (non-hydrogen) atoms. The highest BCUT2D eigenvalue weighted by Crippen LogP contribution is 2.25. The molecule has 1 fully saturated rings. The summed E-state index contributed by atoms with van der Waals surface area (Å²) in [4.78, 5) is 21.4. The van der Waals surface area contributed by atoms with E-state index in [2.05, 4.69) is 19.4 Å². The fourth-order valence-electron chi connectivity index (χ4n) is 2.60. The van der Waals surface area contributed by atoms with Crippen LogP contribution in [-0.2, 0) is 0 Å². The van der Waals surface area contributed by atoms with Crippen LogP contribution in [0.2, 0.25) is 0 Å². The van der Waals surface area contributed by atoms with Gasteiger partial charge < -0.3 is 14.6 Å². The van der Waals surface area contributed by atoms with Gasteiger partial charge in [0, 0.05) is 31.5 Å². The van der Waals surface area contributed by atoms with E-state index >= 15 is 0 Å². The summed E-state index contributed by atoms with van der Waals surface area (Å²) in [5.74, 6) is -0.242. The average molecular weight is 272 g/mol. The predicted octanol–water partition coefficient (Wildman–Crippen LogP) is 1.82. The molecule has 0 aromatic carbocycles. The van der Waals surface area contributed by atoms with Crippen LogP contribution >= 0.6 is 0 Å². The molecule has 1 saturated heterocycles. The number of carboxylic acid groups (broad SMARTS) is 1. The van der Waals surface area contributed by atoms with Gasteiger partial charge in [0.1, 0.15) is 5.82 Å². The monoisotopic (exact) mass is 272 g/mol. The van der Waals surface area contributed by atoms with E-state index in [1.807, 2.05) is 18.6 Å². The Kier molecular flexibility index (Phi) is 3.37. The lowest BCUT2D eigenvalue weighted by atomic mass is 10.0. The molecule has 0 unspecified atom stereocenters. The van der Waals surface area contributed by atoms with Gasteiger partial charge in [-0.25, -0.2) is 14.8 Å². The van der Waals surface area contributed by atoms with E-state index in [1.165, 1.54) is 6.07 Å². The SMILES string of the molecule is O=C(O)c1cccc(N2CCC(n3ccnc3)CC2)n1. The number of carbonyl (C=O) groups is 1. The standard InChI is InChI=1S/C14H16N4O2/c19-14(20)12-2-1-3-13(16-12)17-7-4-11(5-8-17)18-9-6-15-10-18/h1-3,6,9-11H,4-5,7-8H2,(H,19,20). The van der Waals surface area contributed by atoms with Crippen molar-refractivity contribution in [3.05, 3.63) is 42.6 Å². The van der Waals surface area contributed by atoms with Gasteiger partial charge in [-0.2, -0.15) is 0 Å². The topological polar surface area (TPSA) is 71.2 Å². The van der Waals surface area contributed by atoms with Crippen LogP contribution in [-0.4, -0.2) is 38.7 Å². The van der Waals surface area contributed by atoms with Crippen molar-refractivity contribution in [2.24, 2.45) is 0 Å². The van der Waals surface area contributed by atoms with Gasteiger partial charge in [0.15, 0.2) is 5.69 Å². The zero-order valence-electron chi connectivity index (χ0n) is 11.0. The lowest BCUT2D eigenvalue weighted by molar-refractivity contribution is 0.0690. The van der Waals surface area contributed by atoms with Crippen molar-refractivity contribution >= 4 is 11.8 Å². The number of pyridine rings is 1. The molecule has 3 heterocycles. The Labute approximate surface area is 116 Å². The van der Waals surface area contributed by atoms with E-state index in [0.717, 1.165) is 31.7 Å². The number of nitrogens with zero attached hydrogens (tertiary/aromatic N) is 4. The maximum atomic E-state index is 11.0. The number of imidazole rings is 1. The quantitative estimate of drug-likeness (QED) is 0.922. The maximum absolute atomic E-state index is 11.0. The third kappa shape index (κ3) is 2.49. The van der Waals surface area contributed by atoms with Crippen molar-refractivity contribution in [3.63, 3.8) is 0 Å². The number of piperidine rings is 1. The Morgan fingerprint density at radius 2 is 2.10 bits per heavy atom. The van der Waals surface area contributed by atoms with Gasteiger partial charge in [-0.05, 0) is 25.0 Å². The summed E-state index contributed by atoms with van der Waals surface area (Å²) in [6, 6.07) is 5.60. The zero-order chi connectivity index (χ0) is 13.9. The van der Waals surface area contributed by atoms with E-state index in [1.54, 1.807) is 12.3 Å². The van der Waals surface area contributed by atoms with Gasteiger partial charge in [-0.15, -0.1) is 0 Å². The number of hydrogen-bond acceptors (Lipinski definition) is 4. The number of aromatic carboxylic acids is 1. The summed E-state index contributed by atoms with van der Waals surface area (Å²) >= 11 is 0. The minimum Gasteiger partial charge on any atom is -0.477 e. The molecule has 3 rings (SSSR count). The fraction of sp³-hybridized carbons (Fsp3) is 0.357. The molecule has 0 atom stereocenters. The number of hydrogen-bond donors (Lipinski definition) is 1. The first kappa shape index (κ1) is 12.7. The van der Waals surface area contributed by atoms with Crippen molar-refractivity contribution < 1.29 is 9.90 Å². The molecule has 6 heteroatoms. The highest BCUT2D eigenvalue weighted by Gasteiger charge is 2.21.